The van der Waals surface area contributed by atoms with Crippen molar-refractivity contribution in [1.82, 2.24) is 5.32 Å². The van der Waals surface area contributed by atoms with Crippen LogP contribution in [0.4, 0.5) is 0 Å². The van der Waals surface area contributed by atoms with Crippen LogP contribution in [0.25, 0.3) is 0 Å². The lowest BCUT2D eigenvalue weighted by atomic mass is 10.1. The largest absolute Gasteiger partial charge is 0.494 e. The number of amides is 1. The second kappa shape index (κ2) is 11.4. The maximum Gasteiger partial charge on any atom is 0.380 e. The Bertz CT molecular complexity index is 865. The Labute approximate surface area is 172 Å². The van der Waals surface area contributed by atoms with Crippen molar-refractivity contribution in [2.24, 2.45) is 5.14 Å². The standard InChI is InChI=1S/C21H28N2O5S/c1-2-3-4-5-16-27-19-12-8-18(9-13-19)21(24)23-15-14-17-6-10-20(11-7-17)28-29(22,25)26/h6-13H,2-5,14-16H2,1H3,(H,23,24)(H2,22,25,26). The summed E-state index contributed by atoms with van der Waals surface area (Å²) >= 11 is 0. The van der Waals surface area contributed by atoms with E-state index in [-0.39, 0.29) is 11.7 Å². The zero-order chi connectivity index (χ0) is 21.1. The van der Waals surface area contributed by atoms with E-state index in [4.69, 9.17) is 9.88 Å². The molecule has 29 heavy (non-hydrogen) atoms. The average molecular weight is 421 g/mol. The Kier molecular flexibility index (Phi) is 8.95. The lowest BCUT2D eigenvalue weighted by Gasteiger charge is -2.08. The molecule has 0 aliphatic carbocycles. The molecule has 0 saturated heterocycles. The van der Waals surface area contributed by atoms with Gasteiger partial charge >= 0.3 is 10.3 Å². The van der Waals surface area contributed by atoms with E-state index in [1.807, 2.05) is 0 Å². The lowest BCUT2D eigenvalue weighted by Crippen LogP contribution is -2.25. The Morgan fingerprint density at radius 2 is 1.62 bits per heavy atom. The van der Waals surface area contributed by atoms with E-state index in [0.717, 1.165) is 17.7 Å². The van der Waals surface area contributed by atoms with Crippen LogP contribution in [0.2, 0.25) is 0 Å². The zero-order valence-corrected chi connectivity index (χ0v) is 17.4. The second-order valence-corrected chi connectivity index (χ2v) is 7.81. The van der Waals surface area contributed by atoms with Crippen molar-refractivity contribution in [3.63, 3.8) is 0 Å². The summed E-state index contributed by atoms with van der Waals surface area (Å²) in [5.74, 6) is 0.751. The van der Waals surface area contributed by atoms with Crippen molar-refractivity contribution < 1.29 is 22.1 Å². The number of nitrogens with one attached hydrogen (secondary N) is 1. The highest BCUT2D eigenvalue weighted by Crippen LogP contribution is 2.15. The van der Waals surface area contributed by atoms with Crippen molar-refractivity contribution >= 4 is 16.2 Å². The fourth-order valence-corrected chi connectivity index (χ4v) is 3.07. The summed E-state index contributed by atoms with van der Waals surface area (Å²) in [6.45, 7) is 3.31. The van der Waals surface area contributed by atoms with Gasteiger partial charge in [-0.25, -0.2) is 0 Å². The number of carbonyl (C=O) groups excluding carboxylic acids is 1. The quantitative estimate of drug-likeness (QED) is 0.513. The van der Waals surface area contributed by atoms with Gasteiger partial charge in [0.05, 0.1) is 6.61 Å². The van der Waals surface area contributed by atoms with Crippen LogP contribution >= 0.6 is 0 Å². The Morgan fingerprint density at radius 1 is 0.966 bits per heavy atom. The maximum atomic E-state index is 12.2. The minimum Gasteiger partial charge on any atom is -0.494 e. The Morgan fingerprint density at radius 3 is 2.24 bits per heavy atom. The topological polar surface area (TPSA) is 108 Å². The highest BCUT2D eigenvalue weighted by molar-refractivity contribution is 7.84. The fraction of sp³-hybridized carbons (Fsp3) is 0.381. The molecular weight excluding hydrogens is 392 g/mol. The predicted molar refractivity (Wildman–Crippen MR) is 112 cm³/mol. The van der Waals surface area contributed by atoms with Crippen molar-refractivity contribution in [3.8, 4) is 11.5 Å². The summed E-state index contributed by atoms with van der Waals surface area (Å²) in [5, 5.41) is 7.68. The molecule has 0 atom stereocenters. The van der Waals surface area contributed by atoms with E-state index in [2.05, 4.69) is 16.4 Å². The number of nitrogens with two attached hydrogens (primary N) is 1. The smallest absolute Gasteiger partial charge is 0.380 e. The molecule has 0 radical (unpaired) electrons. The van der Waals surface area contributed by atoms with Gasteiger partial charge in [-0.2, -0.15) is 13.6 Å². The SMILES string of the molecule is CCCCCCOc1ccc(C(=O)NCCc2ccc(OS(N)(=O)=O)cc2)cc1. The molecule has 7 nitrogen and oxygen atoms in total. The second-order valence-electron chi connectivity index (χ2n) is 6.66. The number of ether oxygens (including phenoxy) is 1. The minimum absolute atomic E-state index is 0.146. The van der Waals surface area contributed by atoms with Gasteiger partial charge in [0.15, 0.2) is 0 Å². The van der Waals surface area contributed by atoms with Gasteiger partial charge in [0.2, 0.25) is 0 Å². The molecule has 0 saturated carbocycles. The van der Waals surface area contributed by atoms with Gasteiger partial charge in [-0.1, -0.05) is 38.3 Å². The van der Waals surface area contributed by atoms with Gasteiger partial charge in [0, 0.05) is 12.1 Å². The molecule has 0 bridgehead atoms. The van der Waals surface area contributed by atoms with Crippen LogP contribution in [0.3, 0.4) is 0 Å². The zero-order valence-electron chi connectivity index (χ0n) is 16.6. The van der Waals surface area contributed by atoms with E-state index < -0.39 is 10.3 Å². The summed E-state index contributed by atoms with van der Waals surface area (Å²) in [6, 6.07) is 13.6. The van der Waals surface area contributed by atoms with Crippen molar-refractivity contribution in [3.05, 3.63) is 59.7 Å². The molecular formula is C21H28N2O5S. The molecule has 0 aliphatic heterocycles. The molecule has 2 aromatic carbocycles. The van der Waals surface area contributed by atoms with E-state index in [0.29, 0.717) is 25.1 Å². The first-order chi connectivity index (χ1) is 13.9. The molecule has 0 spiro atoms. The third-order valence-corrected chi connectivity index (χ3v) is 4.64. The van der Waals surface area contributed by atoms with Crippen LogP contribution in [-0.2, 0) is 16.7 Å². The number of benzene rings is 2. The van der Waals surface area contributed by atoms with Gasteiger partial charge in [-0.15, -0.1) is 0 Å². The highest BCUT2D eigenvalue weighted by Gasteiger charge is 2.07. The van der Waals surface area contributed by atoms with E-state index >= 15 is 0 Å². The first-order valence-electron chi connectivity index (χ1n) is 9.69. The predicted octanol–water partition coefficient (Wildman–Crippen LogP) is 3.20. The molecule has 1 amide bonds. The molecule has 2 aromatic rings. The van der Waals surface area contributed by atoms with Gasteiger partial charge in [0.1, 0.15) is 11.5 Å². The molecule has 8 heteroatoms. The van der Waals surface area contributed by atoms with Crippen LogP contribution in [-0.4, -0.2) is 27.5 Å². The van der Waals surface area contributed by atoms with Crippen LogP contribution in [0.15, 0.2) is 48.5 Å². The van der Waals surface area contributed by atoms with Crippen molar-refractivity contribution in [1.29, 1.82) is 0 Å². The Balaban J connectivity index is 1.73. The van der Waals surface area contributed by atoms with Gasteiger partial charge < -0.3 is 14.2 Å². The van der Waals surface area contributed by atoms with E-state index in [1.165, 1.54) is 31.4 Å². The molecule has 0 aromatic heterocycles. The van der Waals surface area contributed by atoms with Crippen LogP contribution in [0.1, 0.15) is 48.5 Å². The number of unbranched alkanes of at least 4 members (excludes halogenated alkanes) is 3. The number of hydrogen-bond donors (Lipinski definition) is 2. The van der Waals surface area contributed by atoms with Crippen LogP contribution < -0.4 is 19.4 Å². The highest BCUT2D eigenvalue weighted by atomic mass is 32.2. The summed E-state index contributed by atoms with van der Waals surface area (Å²) in [6.07, 6.45) is 5.21. The summed E-state index contributed by atoms with van der Waals surface area (Å²) in [7, 11) is -4.03. The number of carbonyl (C=O) groups is 1. The fourth-order valence-electron chi connectivity index (χ4n) is 2.69. The molecule has 3 N–H and O–H groups in total. The average Bonchev–Trinajstić information content (AvgIpc) is 2.68. The van der Waals surface area contributed by atoms with Gasteiger partial charge in [-0.3, -0.25) is 4.79 Å². The first kappa shape index (κ1) is 22.7. The van der Waals surface area contributed by atoms with E-state index in [9.17, 15) is 13.2 Å². The number of hydrogen-bond acceptors (Lipinski definition) is 5. The third kappa shape index (κ3) is 8.97. The van der Waals surface area contributed by atoms with Gasteiger partial charge in [-0.05, 0) is 54.8 Å². The molecule has 0 aliphatic rings. The molecule has 158 valence electrons. The first-order valence-corrected chi connectivity index (χ1v) is 11.2. The number of rotatable bonds is 12. The van der Waals surface area contributed by atoms with Crippen molar-refractivity contribution in [2.75, 3.05) is 13.2 Å². The Hall–Kier alpha value is -2.58. The summed E-state index contributed by atoms with van der Waals surface area (Å²) in [4.78, 5) is 12.2. The lowest BCUT2D eigenvalue weighted by molar-refractivity contribution is 0.0954. The summed E-state index contributed by atoms with van der Waals surface area (Å²) < 4.78 is 32.0. The third-order valence-electron chi connectivity index (χ3n) is 4.22. The van der Waals surface area contributed by atoms with E-state index in [1.54, 1.807) is 36.4 Å². The molecule has 2 rings (SSSR count). The maximum absolute atomic E-state index is 12.2. The molecule has 0 fully saturated rings. The monoisotopic (exact) mass is 420 g/mol. The van der Waals surface area contributed by atoms with Crippen LogP contribution in [0, 0.1) is 0 Å². The molecule has 0 heterocycles. The minimum atomic E-state index is -4.03. The normalized spacial score (nSPS) is 11.1. The summed E-state index contributed by atoms with van der Waals surface area (Å²) in [5.41, 5.74) is 1.50. The molecule has 0 unspecified atom stereocenters. The van der Waals surface area contributed by atoms with Crippen LogP contribution in [0.5, 0.6) is 11.5 Å². The van der Waals surface area contributed by atoms with Gasteiger partial charge in [0.25, 0.3) is 5.91 Å². The van der Waals surface area contributed by atoms with Crippen molar-refractivity contribution in [2.45, 2.75) is 39.0 Å².